The summed E-state index contributed by atoms with van der Waals surface area (Å²) >= 11 is 0. The van der Waals surface area contributed by atoms with Crippen molar-refractivity contribution in [3.05, 3.63) is 42.2 Å². The molecule has 1 aromatic rings. The second-order valence-corrected chi connectivity index (χ2v) is 7.42. The molecular formula is C20H26N2O3. The molecule has 1 spiro atoms. The average molecular weight is 342 g/mol. The summed E-state index contributed by atoms with van der Waals surface area (Å²) in [6.07, 6.45) is 10.7. The van der Waals surface area contributed by atoms with Crippen LogP contribution in [0.15, 0.2) is 36.5 Å². The standard InChI is InChI=1S/C20H26N2O3/c23-19(16-5-1-2-6-16)22-11-8-20(9-12-22)13-18(15-25-20)24-14-17-7-3-4-10-21-17/h1-4,7,10,16,18H,5-6,8-9,11-15H2. The van der Waals surface area contributed by atoms with Crippen LogP contribution in [0, 0.1) is 5.92 Å². The minimum atomic E-state index is -0.0977. The zero-order chi connectivity index (χ0) is 17.1. The maximum absolute atomic E-state index is 12.5. The Bertz CT molecular complexity index is 615. The van der Waals surface area contributed by atoms with Crippen molar-refractivity contribution in [1.82, 2.24) is 9.88 Å². The summed E-state index contributed by atoms with van der Waals surface area (Å²) in [7, 11) is 0. The Balaban J connectivity index is 1.25. The number of ether oxygens (including phenoxy) is 2. The van der Waals surface area contributed by atoms with Gasteiger partial charge in [-0.15, -0.1) is 0 Å². The SMILES string of the molecule is O=C(C1CC=CC1)N1CCC2(CC1)CC(OCc1ccccn1)CO2. The highest BCUT2D eigenvalue weighted by Gasteiger charge is 2.44. The molecule has 2 aliphatic heterocycles. The number of likely N-dealkylation sites (tertiary alicyclic amines) is 1. The van der Waals surface area contributed by atoms with Gasteiger partial charge in [-0.05, 0) is 37.8 Å². The summed E-state index contributed by atoms with van der Waals surface area (Å²) in [6.45, 7) is 2.79. The van der Waals surface area contributed by atoms with Crippen LogP contribution >= 0.6 is 0 Å². The fourth-order valence-corrected chi connectivity index (χ4v) is 4.16. The number of allylic oxidation sites excluding steroid dienone is 2. The average Bonchev–Trinajstić information content (AvgIpc) is 3.32. The lowest BCUT2D eigenvalue weighted by Gasteiger charge is -2.39. The molecule has 4 rings (SSSR count). The van der Waals surface area contributed by atoms with Crippen LogP contribution < -0.4 is 0 Å². The van der Waals surface area contributed by atoms with Crippen LogP contribution in [0.3, 0.4) is 0 Å². The number of pyridine rings is 1. The molecule has 3 heterocycles. The van der Waals surface area contributed by atoms with E-state index in [9.17, 15) is 4.79 Å². The van der Waals surface area contributed by atoms with Gasteiger partial charge in [-0.25, -0.2) is 0 Å². The highest BCUT2D eigenvalue weighted by Crippen LogP contribution is 2.38. The van der Waals surface area contributed by atoms with Crippen molar-refractivity contribution in [2.75, 3.05) is 19.7 Å². The summed E-state index contributed by atoms with van der Waals surface area (Å²) in [5.41, 5.74) is 0.855. The molecule has 0 bridgehead atoms. The predicted octanol–water partition coefficient (Wildman–Crippen LogP) is 2.71. The van der Waals surface area contributed by atoms with Crippen molar-refractivity contribution in [3.63, 3.8) is 0 Å². The van der Waals surface area contributed by atoms with Gasteiger partial charge in [0.05, 0.1) is 30.6 Å². The lowest BCUT2D eigenvalue weighted by Crippen LogP contribution is -2.48. The topological polar surface area (TPSA) is 51.7 Å². The van der Waals surface area contributed by atoms with Gasteiger partial charge in [0.1, 0.15) is 0 Å². The Kier molecular flexibility index (Phi) is 4.86. The molecular weight excluding hydrogens is 316 g/mol. The number of hydrogen-bond donors (Lipinski definition) is 0. The van der Waals surface area contributed by atoms with Crippen LogP contribution in [0.25, 0.3) is 0 Å². The van der Waals surface area contributed by atoms with Crippen molar-refractivity contribution >= 4 is 5.91 Å². The van der Waals surface area contributed by atoms with Gasteiger partial charge in [-0.1, -0.05) is 18.2 Å². The number of amides is 1. The summed E-state index contributed by atoms with van der Waals surface area (Å²) < 4.78 is 12.1. The Morgan fingerprint density at radius 2 is 2.08 bits per heavy atom. The third kappa shape index (κ3) is 3.77. The van der Waals surface area contributed by atoms with E-state index in [1.807, 2.05) is 23.1 Å². The zero-order valence-electron chi connectivity index (χ0n) is 14.6. The Labute approximate surface area is 149 Å². The smallest absolute Gasteiger partial charge is 0.226 e. The fourth-order valence-electron chi connectivity index (χ4n) is 4.16. The quantitative estimate of drug-likeness (QED) is 0.790. The second kappa shape index (κ2) is 7.26. The lowest BCUT2D eigenvalue weighted by atomic mass is 9.87. The number of rotatable bonds is 4. The molecule has 3 aliphatic rings. The molecule has 1 unspecified atom stereocenters. The summed E-state index contributed by atoms with van der Waals surface area (Å²) in [4.78, 5) is 18.9. The zero-order valence-corrected chi connectivity index (χ0v) is 14.6. The van der Waals surface area contributed by atoms with E-state index in [4.69, 9.17) is 9.47 Å². The normalized spacial score (nSPS) is 25.8. The molecule has 2 fully saturated rings. The molecule has 1 atom stereocenters. The molecule has 2 saturated heterocycles. The van der Waals surface area contributed by atoms with E-state index in [2.05, 4.69) is 17.1 Å². The highest BCUT2D eigenvalue weighted by molar-refractivity contribution is 5.79. The van der Waals surface area contributed by atoms with Crippen LogP contribution in [0.2, 0.25) is 0 Å². The first-order valence-electron chi connectivity index (χ1n) is 9.33. The monoisotopic (exact) mass is 342 g/mol. The van der Waals surface area contributed by atoms with Gasteiger partial charge >= 0.3 is 0 Å². The first-order valence-corrected chi connectivity index (χ1v) is 9.33. The van der Waals surface area contributed by atoms with Crippen LogP contribution in [0.5, 0.6) is 0 Å². The number of hydrogen-bond acceptors (Lipinski definition) is 4. The van der Waals surface area contributed by atoms with Crippen LogP contribution in [-0.2, 0) is 20.9 Å². The van der Waals surface area contributed by atoms with E-state index in [1.165, 1.54) is 0 Å². The number of carbonyl (C=O) groups is 1. The van der Waals surface area contributed by atoms with E-state index in [0.717, 1.165) is 50.9 Å². The molecule has 1 aliphatic carbocycles. The molecule has 5 heteroatoms. The van der Waals surface area contributed by atoms with Gasteiger partial charge in [0, 0.05) is 31.6 Å². The van der Waals surface area contributed by atoms with Crippen LogP contribution in [0.4, 0.5) is 0 Å². The van der Waals surface area contributed by atoms with E-state index >= 15 is 0 Å². The van der Waals surface area contributed by atoms with Crippen molar-refractivity contribution in [2.45, 2.75) is 50.4 Å². The van der Waals surface area contributed by atoms with Gasteiger partial charge in [0.2, 0.25) is 5.91 Å². The molecule has 5 nitrogen and oxygen atoms in total. The van der Waals surface area contributed by atoms with Crippen molar-refractivity contribution in [3.8, 4) is 0 Å². The summed E-state index contributed by atoms with van der Waals surface area (Å²) in [5.74, 6) is 0.494. The van der Waals surface area contributed by atoms with Crippen molar-refractivity contribution in [1.29, 1.82) is 0 Å². The molecule has 0 radical (unpaired) electrons. The fraction of sp³-hybridized carbons (Fsp3) is 0.600. The number of carbonyl (C=O) groups excluding carboxylic acids is 1. The van der Waals surface area contributed by atoms with Gasteiger partial charge < -0.3 is 14.4 Å². The molecule has 25 heavy (non-hydrogen) atoms. The van der Waals surface area contributed by atoms with Gasteiger partial charge in [0.25, 0.3) is 0 Å². The lowest BCUT2D eigenvalue weighted by molar-refractivity contribution is -0.139. The molecule has 1 amide bonds. The highest BCUT2D eigenvalue weighted by atomic mass is 16.6. The minimum Gasteiger partial charge on any atom is -0.372 e. The molecule has 0 saturated carbocycles. The second-order valence-electron chi connectivity index (χ2n) is 7.42. The van der Waals surface area contributed by atoms with Crippen LogP contribution in [-0.4, -0.2) is 47.2 Å². The number of nitrogens with zero attached hydrogens (tertiary/aromatic N) is 2. The number of piperidine rings is 1. The maximum Gasteiger partial charge on any atom is 0.226 e. The first-order chi connectivity index (χ1) is 12.2. The van der Waals surface area contributed by atoms with Crippen LogP contribution in [0.1, 0.15) is 37.8 Å². The van der Waals surface area contributed by atoms with E-state index in [0.29, 0.717) is 19.1 Å². The van der Waals surface area contributed by atoms with Gasteiger partial charge in [-0.2, -0.15) is 0 Å². The Morgan fingerprint density at radius 3 is 2.80 bits per heavy atom. The molecule has 0 N–H and O–H groups in total. The molecule has 134 valence electrons. The van der Waals surface area contributed by atoms with Gasteiger partial charge in [-0.3, -0.25) is 9.78 Å². The molecule has 0 aromatic carbocycles. The third-order valence-electron chi connectivity index (χ3n) is 5.71. The van der Waals surface area contributed by atoms with E-state index < -0.39 is 0 Å². The predicted molar refractivity (Wildman–Crippen MR) is 93.8 cm³/mol. The van der Waals surface area contributed by atoms with E-state index in [-0.39, 0.29) is 17.6 Å². The third-order valence-corrected chi connectivity index (χ3v) is 5.71. The van der Waals surface area contributed by atoms with E-state index in [1.54, 1.807) is 6.20 Å². The van der Waals surface area contributed by atoms with Crippen molar-refractivity contribution < 1.29 is 14.3 Å². The van der Waals surface area contributed by atoms with Gasteiger partial charge in [0.15, 0.2) is 0 Å². The minimum absolute atomic E-state index is 0.0977. The Morgan fingerprint density at radius 1 is 1.28 bits per heavy atom. The molecule has 1 aromatic heterocycles. The summed E-state index contributed by atoms with van der Waals surface area (Å²) in [5, 5.41) is 0. The number of aromatic nitrogens is 1. The summed E-state index contributed by atoms with van der Waals surface area (Å²) in [6, 6.07) is 5.87. The largest absolute Gasteiger partial charge is 0.372 e. The first kappa shape index (κ1) is 16.7. The maximum atomic E-state index is 12.5. The van der Waals surface area contributed by atoms with Crippen molar-refractivity contribution in [2.24, 2.45) is 5.92 Å². The Hall–Kier alpha value is -1.72.